The number of likely N-dealkylation sites (N-methyl/N-ethyl adjacent to an activating group) is 2. The zero-order chi connectivity index (χ0) is 15.2. The molecule has 0 aliphatic carbocycles. The van der Waals surface area contributed by atoms with Crippen molar-refractivity contribution in [3.63, 3.8) is 0 Å². The molecule has 0 radical (unpaired) electrons. The van der Waals surface area contributed by atoms with Crippen molar-refractivity contribution in [2.24, 2.45) is 0 Å². The molecule has 3 atom stereocenters. The van der Waals surface area contributed by atoms with Gasteiger partial charge in [-0.2, -0.15) is 0 Å². The van der Waals surface area contributed by atoms with Crippen molar-refractivity contribution in [2.75, 3.05) is 33.9 Å². The predicted molar refractivity (Wildman–Crippen MR) is 79.8 cm³/mol. The Bertz CT molecular complexity index is 311. The summed E-state index contributed by atoms with van der Waals surface area (Å²) in [5.41, 5.74) is -0.589. The van der Waals surface area contributed by atoms with Gasteiger partial charge in [-0.1, -0.05) is 0 Å². The van der Waals surface area contributed by atoms with Gasteiger partial charge in [0, 0.05) is 12.6 Å². The summed E-state index contributed by atoms with van der Waals surface area (Å²) < 4.78 is 10.7. The van der Waals surface area contributed by atoms with Crippen molar-refractivity contribution >= 4 is 5.97 Å². The number of carbonyl (C=O) groups is 1. The highest BCUT2D eigenvalue weighted by Crippen LogP contribution is 2.20. The Morgan fingerprint density at radius 3 is 2.75 bits per heavy atom. The van der Waals surface area contributed by atoms with Gasteiger partial charge >= 0.3 is 5.97 Å². The van der Waals surface area contributed by atoms with Crippen LogP contribution in [-0.4, -0.2) is 62.4 Å². The van der Waals surface area contributed by atoms with Gasteiger partial charge in [-0.15, -0.1) is 0 Å². The van der Waals surface area contributed by atoms with Crippen LogP contribution in [0.4, 0.5) is 0 Å². The molecule has 0 aromatic carbocycles. The molecule has 0 amide bonds. The van der Waals surface area contributed by atoms with E-state index in [1.54, 1.807) is 0 Å². The van der Waals surface area contributed by atoms with Crippen molar-refractivity contribution in [1.29, 1.82) is 0 Å². The lowest BCUT2D eigenvalue weighted by molar-refractivity contribution is -0.150. The molecule has 1 N–H and O–H groups in total. The summed E-state index contributed by atoms with van der Waals surface area (Å²) in [6, 6.07) is 0.499. The van der Waals surface area contributed by atoms with Crippen molar-refractivity contribution < 1.29 is 14.3 Å². The fourth-order valence-electron chi connectivity index (χ4n) is 2.77. The lowest BCUT2D eigenvalue weighted by Gasteiger charge is -2.30. The first-order valence-electron chi connectivity index (χ1n) is 7.62. The van der Waals surface area contributed by atoms with E-state index in [0.717, 1.165) is 32.4 Å². The Morgan fingerprint density at radius 2 is 2.25 bits per heavy atom. The van der Waals surface area contributed by atoms with Crippen molar-refractivity contribution in [2.45, 2.75) is 57.7 Å². The minimum Gasteiger partial charge on any atom is -0.465 e. The van der Waals surface area contributed by atoms with Gasteiger partial charge in [-0.05, 0) is 60.7 Å². The zero-order valence-corrected chi connectivity index (χ0v) is 13.6. The van der Waals surface area contributed by atoms with E-state index < -0.39 is 5.54 Å². The van der Waals surface area contributed by atoms with E-state index in [4.69, 9.17) is 9.47 Å². The van der Waals surface area contributed by atoms with Crippen molar-refractivity contribution in [1.82, 2.24) is 10.2 Å². The third-order valence-electron chi connectivity index (χ3n) is 4.37. The summed E-state index contributed by atoms with van der Waals surface area (Å²) in [5.74, 6) is -0.164. The molecule has 1 rings (SSSR count). The highest BCUT2D eigenvalue weighted by Gasteiger charge is 2.33. The fourth-order valence-corrected chi connectivity index (χ4v) is 2.77. The fraction of sp³-hybridized carbons (Fsp3) is 0.933. The summed E-state index contributed by atoms with van der Waals surface area (Å²) in [6.45, 7) is 8.12. The van der Waals surface area contributed by atoms with Crippen LogP contribution in [0.25, 0.3) is 0 Å². The Labute approximate surface area is 123 Å². The van der Waals surface area contributed by atoms with Crippen LogP contribution in [-0.2, 0) is 14.3 Å². The highest BCUT2D eigenvalue weighted by atomic mass is 16.5. The maximum absolute atomic E-state index is 12.0. The zero-order valence-electron chi connectivity index (χ0n) is 13.6. The topological polar surface area (TPSA) is 50.8 Å². The van der Waals surface area contributed by atoms with Crippen LogP contribution in [0.3, 0.4) is 0 Å². The minimum atomic E-state index is -0.589. The van der Waals surface area contributed by atoms with Crippen LogP contribution in [0, 0.1) is 0 Å². The van der Waals surface area contributed by atoms with Crippen molar-refractivity contribution in [3.05, 3.63) is 0 Å². The number of nitrogens with one attached hydrogen (secondary N) is 1. The molecule has 5 heteroatoms. The van der Waals surface area contributed by atoms with E-state index in [9.17, 15) is 4.79 Å². The van der Waals surface area contributed by atoms with E-state index in [2.05, 4.69) is 24.2 Å². The summed E-state index contributed by atoms with van der Waals surface area (Å²) in [6.07, 6.45) is 3.13. The average Bonchev–Trinajstić information content (AvgIpc) is 2.85. The largest absolute Gasteiger partial charge is 0.465 e. The first-order chi connectivity index (χ1) is 9.44. The molecule has 0 spiro atoms. The molecule has 5 nitrogen and oxygen atoms in total. The summed E-state index contributed by atoms with van der Waals surface area (Å²) in [5, 5.41) is 3.10. The molecule has 0 bridgehead atoms. The van der Waals surface area contributed by atoms with E-state index in [1.807, 2.05) is 20.9 Å². The third kappa shape index (κ3) is 4.43. The summed E-state index contributed by atoms with van der Waals surface area (Å²) in [4.78, 5) is 14.3. The lowest BCUT2D eigenvalue weighted by Crippen LogP contribution is -2.49. The molecule has 1 fully saturated rings. The first kappa shape index (κ1) is 17.4. The highest BCUT2D eigenvalue weighted by molar-refractivity contribution is 5.80. The number of rotatable bonds is 8. The molecular weight excluding hydrogens is 256 g/mol. The molecule has 1 saturated heterocycles. The molecule has 118 valence electrons. The van der Waals surface area contributed by atoms with Gasteiger partial charge in [-0.3, -0.25) is 4.79 Å². The van der Waals surface area contributed by atoms with Crippen LogP contribution in [0.5, 0.6) is 0 Å². The Morgan fingerprint density at radius 1 is 1.55 bits per heavy atom. The van der Waals surface area contributed by atoms with Gasteiger partial charge < -0.3 is 19.7 Å². The second-order valence-corrected chi connectivity index (χ2v) is 5.82. The van der Waals surface area contributed by atoms with Gasteiger partial charge in [0.2, 0.25) is 0 Å². The average molecular weight is 286 g/mol. The van der Waals surface area contributed by atoms with Crippen LogP contribution in [0.1, 0.15) is 40.0 Å². The van der Waals surface area contributed by atoms with Crippen LogP contribution < -0.4 is 5.32 Å². The maximum atomic E-state index is 12.0. The predicted octanol–water partition coefficient (Wildman–Crippen LogP) is 1.42. The third-order valence-corrected chi connectivity index (χ3v) is 4.37. The summed E-state index contributed by atoms with van der Waals surface area (Å²) in [7, 11) is 3.95. The number of esters is 1. The number of hydrogen-bond donors (Lipinski definition) is 1. The first-order valence-corrected chi connectivity index (χ1v) is 7.62. The number of carbonyl (C=O) groups excluding carboxylic acids is 1. The standard InChI is InChI=1S/C15H30N2O3/c1-6-19-14(18)15(3,16-4)9-7-10-17(5)13-8-11-20-12(13)2/h12-13,16H,6-11H2,1-5H3. The van der Waals surface area contributed by atoms with Gasteiger partial charge in [0.1, 0.15) is 5.54 Å². The van der Waals surface area contributed by atoms with E-state index in [0.29, 0.717) is 18.8 Å². The smallest absolute Gasteiger partial charge is 0.326 e. The Balaban J connectivity index is 2.39. The van der Waals surface area contributed by atoms with Gasteiger partial charge in [0.25, 0.3) is 0 Å². The molecule has 20 heavy (non-hydrogen) atoms. The maximum Gasteiger partial charge on any atom is 0.326 e. The van der Waals surface area contributed by atoms with E-state index >= 15 is 0 Å². The monoisotopic (exact) mass is 286 g/mol. The molecule has 0 saturated carbocycles. The normalized spacial score (nSPS) is 25.7. The van der Waals surface area contributed by atoms with E-state index in [-0.39, 0.29) is 5.97 Å². The van der Waals surface area contributed by atoms with Crippen LogP contribution in [0.15, 0.2) is 0 Å². The molecule has 3 unspecified atom stereocenters. The SMILES string of the molecule is CCOC(=O)C(C)(CCCN(C)C1CCOC1C)NC. The minimum absolute atomic E-state index is 0.164. The Kier molecular flexibility index (Phi) is 6.92. The Hall–Kier alpha value is -0.650. The van der Waals surface area contributed by atoms with Gasteiger partial charge in [0.05, 0.1) is 12.7 Å². The van der Waals surface area contributed by atoms with Gasteiger partial charge in [-0.25, -0.2) is 0 Å². The quantitative estimate of drug-likeness (QED) is 0.684. The number of nitrogens with zero attached hydrogens (tertiary/aromatic N) is 1. The molecule has 0 aromatic rings. The molecular formula is C15H30N2O3. The molecule has 0 aromatic heterocycles. The molecule has 1 heterocycles. The summed E-state index contributed by atoms with van der Waals surface area (Å²) >= 11 is 0. The van der Waals surface area contributed by atoms with Crippen LogP contribution >= 0.6 is 0 Å². The van der Waals surface area contributed by atoms with E-state index in [1.165, 1.54) is 0 Å². The second kappa shape index (κ2) is 7.96. The number of ether oxygens (including phenoxy) is 2. The molecule has 1 aliphatic rings. The van der Waals surface area contributed by atoms with Gasteiger partial charge in [0.15, 0.2) is 0 Å². The van der Waals surface area contributed by atoms with Crippen LogP contribution in [0.2, 0.25) is 0 Å². The molecule has 1 aliphatic heterocycles. The second-order valence-electron chi connectivity index (χ2n) is 5.82. The van der Waals surface area contributed by atoms with Crippen molar-refractivity contribution in [3.8, 4) is 0 Å². The number of hydrogen-bond acceptors (Lipinski definition) is 5. The lowest BCUT2D eigenvalue weighted by atomic mass is 9.95.